The second-order valence-corrected chi connectivity index (χ2v) is 25.6. The fourth-order valence-corrected chi connectivity index (χ4v) is 7.22. The van der Waals surface area contributed by atoms with E-state index in [-0.39, 0.29) is 28.2 Å². The minimum absolute atomic E-state index is 0.0194. The van der Waals surface area contributed by atoms with E-state index in [9.17, 15) is 10.2 Å². The summed E-state index contributed by atoms with van der Waals surface area (Å²) in [7, 11) is -3.87. The number of unbranched alkanes of at least 4 members (excludes halogenated alkanes) is 1. The van der Waals surface area contributed by atoms with Gasteiger partial charge in [-0.1, -0.05) is 98.6 Å². The molecular weight excluding hydrogens is 569 g/mol. The summed E-state index contributed by atoms with van der Waals surface area (Å²) in [5.41, 5.74) is 1.18. The Morgan fingerprint density at radius 2 is 1.35 bits per heavy atom. The van der Waals surface area contributed by atoms with Gasteiger partial charge in [0.05, 0.1) is 24.9 Å². The van der Waals surface area contributed by atoms with Crippen molar-refractivity contribution in [2.75, 3.05) is 6.61 Å². The molecule has 252 valence electrons. The van der Waals surface area contributed by atoms with E-state index >= 15 is 0 Å². The van der Waals surface area contributed by atoms with Gasteiger partial charge in [-0.05, 0) is 92.7 Å². The highest BCUT2D eigenvalue weighted by Crippen LogP contribution is 2.39. The van der Waals surface area contributed by atoms with E-state index < -0.39 is 28.8 Å². The molecule has 0 bridgehead atoms. The maximum atomic E-state index is 10.8. The molecule has 0 unspecified atom stereocenters. The Morgan fingerprint density at radius 1 is 0.744 bits per heavy atom. The molecule has 0 amide bonds. The molecule has 0 aliphatic carbocycles. The second kappa shape index (κ2) is 18.6. The Hall–Kier alpha value is -0.546. The van der Waals surface area contributed by atoms with Gasteiger partial charge >= 0.3 is 0 Å². The smallest absolute Gasteiger partial charge is 0.192 e. The predicted octanol–water partition coefficient (Wildman–Crippen LogP) is 9.87. The molecule has 0 saturated carbocycles. The first-order valence-corrected chi connectivity index (χ1v) is 22.9. The molecule has 0 aromatic heterocycles. The van der Waals surface area contributed by atoms with Crippen LogP contribution in [0.25, 0.3) is 0 Å². The lowest BCUT2D eigenvalue weighted by atomic mass is 9.92. The minimum Gasteiger partial charge on any atom is -0.417 e. The third kappa shape index (κ3) is 15.5. The zero-order chi connectivity index (χ0) is 32.9. The van der Waals surface area contributed by atoms with E-state index in [1.165, 1.54) is 5.56 Å². The van der Waals surface area contributed by atoms with Crippen LogP contribution >= 0.6 is 0 Å². The molecule has 1 rings (SSSR count). The van der Waals surface area contributed by atoms with Crippen LogP contribution in [-0.2, 0) is 20.2 Å². The van der Waals surface area contributed by atoms with E-state index in [1.54, 1.807) is 0 Å². The highest BCUT2D eigenvalue weighted by atomic mass is 28.4. The first kappa shape index (κ1) is 40.5. The summed E-state index contributed by atoms with van der Waals surface area (Å²) in [6, 6.07) is 10.4. The summed E-state index contributed by atoms with van der Waals surface area (Å²) >= 11 is 0. The van der Waals surface area contributed by atoms with Crippen molar-refractivity contribution in [2.24, 2.45) is 5.92 Å². The Labute approximate surface area is 268 Å². The first-order valence-electron chi connectivity index (χ1n) is 17.1. The number of rotatable bonds is 21. The molecule has 1 aromatic carbocycles. The van der Waals surface area contributed by atoms with Crippen molar-refractivity contribution in [3.05, 3.63) is 35.9 Å². The van der Waals surface area contributed by atoms with Gasteiger partial charge in [-0.25, -0.2) is 0 Å². The maximum Gasteiger partial charge on any atom is 0.192 e. The quantitative estimate of drug-likeness (QED) is 0.131. The maximum absolute atomic E-state index is 10.8. The van der Waals surface area contributed by atoms with Crippen LogP contribution in [0, 0.1) is 5.92 Å². The van der Waals surface area contributed by atoms with Gasteiger partial charge in [0.1, 0.15) is 0 Å². The molecule has 0 fully saturated rings. The molecule has 1 aromatic rings. The minimum atomic E-state index is -2.02. The summed E-state index contributed by atoms with van der Waals surface area (Å²) in [6.07, 6.45) is 6.91. The number of benzene rings is 1. The van der Waals surface area contributed by atoms with Gasteiger partial charge in [0.15, 0.2) is 16.6 Å². The lowest BCUT2D eigenvalue weighted by Gasteiger charge is -2.40. The average Bonchev–Trinajstić information content (AvgIpc) is 2.89. The third-order valence-electron chi connectivity index (χ3n) is 10.1. The number of hydrogen-bond acceptors (Lipinski definition) is 5. The average molecular weight is 639 g/mol. The van der Waals surface area contributed by atoms with E-state index in [0.717, 1.165) is 44.9 Å². The fourth-order valence-electron chi connectivity index (χ4n) is 4.76. The third-order valence-corrected chi connectivity index (χ3v) is 19.2. The normalized spacial score (nSPS) is 17.0. The topological polar surface area (TPSA) is 68.2 Å². The van der Waals surface area contributed by atoms with Crippen LogP contribution in [-0.4, -0.2) is 57.9 Å². The molecule has 0 radical (unpaired) electrons. The van der Waals surface area contributed by atoms with Crippen molar-refractivity contribution < 1.29 is 23.8 Å². The number of aliphatic hydroxyl groups is 2. The predicted molar refractivity (Wildman–Crippen MR) is 189 cm³/mol. The van der Waals surface area contributed by atoms with Gasteiger partial charge in [-0.2, -0.15) is 0 Å². The van der Waals surface area contributed by atoms with E-state index in [2.05, 4.69) is 106 Å². The summed E-state index contributed by atoms with van der Waals surface area (Å²) in [5.74, 6) is 0.223. The monoisotopic (exact) mass is 638 g/mol. The molecule has 2 N–H and O–H groups in total. The molecule has 5 atom stereocenters. The number of aliphatic hydroxyl groups excluding tert-OH is 2. The highest BCUT2D eigenvalue weighted by Gasteiger charge is 2.40. The Morgan fingerprint density at radius 3 is 1.91 bits per heavy atom. The SMILES string of the molecule is CCCC[C@H](C)[C@@H](O)C[C@H](O)CCC[C@@H](C[C@H](CCO[Si](C)(C)C(C)(C)C)OCc1ccccc1)O[Si](C)(C)C(C)(C)C. The fraction of sp³-hybridized carbons (Fsp3) is 0.833. The van der Waals surface area contributed by atoms with Crippen LogP contribution in [0.1, 0.15) is 119 Å². The van der Waals surface area contributed by atoms with Crippen molar-refractivity contribution in [3.63, 3.8) is 0 Å². The van der Waals surface area contributed by atoms with Crippen molar-refractivity contribution in [2.45, 2.75) is 180 Å². The van der Waals surface area contributed by atoms with Crippen molar-refractivity contribution in [3.8, 4) is 0 Å². The zero-order valence-corrected chi connectivity index (χ0v) is 32.2. The molecule has 43 heavy (non-hydrogen) atoms. The summed E-state index contributed by atoms with van der Waals surface area (Å²) in [4.78, 5) is 0. The molecular formula is C36H70O5Si2. The van der Waals surface area contributed by atoms with Gasteiger partial charge in [0.25, 0.3) is 0 Å². The van der Waals surface area contributed by atoms with Crippen molar-refractivity contribution in [1.29, 1.82) is 0 Å². The van der Waals surface area contributed by atoms with Gasteiger partial charge in [0.2, 0.25) is 0 Å². The molecule has 0 aliphatic heterocycles. The first-order chi connectivity index (χ1) is 19.8. The van der Waals surface area contributed by atoms with E-state index in [1.807, 2.05) is 6.07 Å². The van der Waals surface area contributed by atoms with Crippen LogP contribution in [0.2, 0.25) is 36.3 Å². The van der Waals surface area contributed by atoms with Gasteiger partial charge in [-0.3, -0.25) is 0 Å². The number of ether oxygens (including phenoxy) is 1. The molecule has 0 heterocycles. The van der Waals surface area contributed by atoms with Crippen LogP contribution in [0.15, 0.2) is 30.3 Å². The number of hydrogen-bond donors (Lipinski definition) is 2. The van der Waals surface area contributed by atoms with Crippen molar-refractivity contribution in [1.82, 2.24) is 0 Å². The Bertz CT molecular complexity index is 863. The van der Waals surface area contributed by atoms with Crippen LogP contribution < -0.4 is 0 Å². The van der Waals surface area contributed by atoms with Gasteiger partial charge in [-0.15, -0.1) is 0 Å². The molecule has 0 saturated heterocycles. The van der Waals surface area contributed by atoms with Crippen LogP contribution in [0.5, 0.6) is 0 Å². The lowest BCUT2D eigenvalue weighted by Crippen LogP contribution is -2.45. The molecule has 0 aliphatic rings. The van der Waals surface area contributed by atoms with Crippen LogP contribution in [0.3, 0.4) is 0 Å². The highest BCUT2D eigenvalue weighted by molar-refractivity contribution is 6.74. The molecule has 7 heteroatoms. The van der Waals surface area contributed by atoms with Crippen LogP contribution in [0.4, 0.5) is 0 Å². The largest absolute Gasteiger partial charge is 0.417 e. The summed E-state index contributed by atoms with van der Waals surface area (Å²) in [6.45, 7) is 28.5. The van der Waals surface area contributed by atoms with Gasteiger partial charge < -0.3 is 23.8 Å². The van der Waals surface area contributed by atoms with Gasteiger partial charge in [0, 0.05) is 12.7 Å². The summed E-state index contributed by atoms with van der Waals surface area (Å²) in [5, 5.41) is 21.7. The Kier molecular flexibility index (Phi) is 17.5. The standard InChI is InChI=1S/C36H70O5Si2/c1-13-14-19-29(2)34(38)26-31(37)22-18-23-33(41-43(11,12)36(6,7)8)27-32(39-28-30-20-16-15-17-21-30)24-25-40-42(9,10)35(3,4)5/h15-17,20-21,29,31-34,37-38H,13-14,18-19,22-28H2,1-12H3/t29-,31+,32-,33-,34-/m0/s1. The zero-order valence-electron chi connectivity index (χ0n) is 30.2. The van der Waals surface area contributed by atoms with E-state index in [4.69, 9.17) is 13.6 Å². The summed E-state index contributed by atoms with van der Waals surface area (Å²) < 4.78 is 20.2. The molecule has 0 spiro atoms. The lowest BCUT2D eigenvalue weighted by molar-refractivity contribution is -0.00797. The molecule has 5 nitrogen and oxygen atoms in total. The van der Waals surface area contributed by atoms with E-state index in [0.29, 0.717) is 26.1 Å². The second-order valence-electron chi connectivity index (χ2n) is 16.1. The van der Waals surface area contributed by atoms with Crippen molar-refractivity contribution >= 4 is 16.6 Å². The Balaban J connectivity index is 2.98.